The molecule has 0 aliphatic carbocycles. The lowest BCUT2D eigenvalue weighted by Crippen LogP contribution is -2.55. The summed E-state index contributed by atoms with van der Waals surface area (Å²) in [6.45, 7) is 7.44. The topological polar surface area (TPSA) is 140 Å². The van der Waals surface area contributed by atoms with Crippen molar-refractivity contribution in [1.29, 1.82) is 0 Å². The molecule has 3 atom stereocenters. The standard InChI is InChI=1S/C30H40N4O5/c1-19(2)16-23(31)27(35)32-24(17-21-12-8-6-9-13-21)28(36)34-26(20(3)4)29(37)33-25(30(38)39-5)18-22-14-10-7-11-15-22/h6-15,17,19-20,23,25-26H,16,18,31H2,1-5H3,(H,32,35)(H,33,37)(H,34,36)/t23-,25-,26-/m0/s1. The van der Waals surface area contributed by atoms with Gasteiger partial charge in [-0.15, -0.1) is 0 Å². The third-order valence-corrected chi connectivity index (χ3v) is 6.00. The van der Waals surface area contributed by atoms with Crippen LogP contribution in [0.2, 0.25) is 0 Å². The van der Waals surface area contributed by atoms with E-state index in [-0.39, 0.29) is 24.0 Å². The number of amides is 3. The van der Waals surface area contributed by atoms with Gasteiger partial charge in [0.05, 0.1) is 13.2 Å². The predicted octanol–water partition coefficient (Wildman–Crippen LogP) is 2.56. The van der Waals surface area contributed by atoms with Gasteiger partial charge >= 0.3 is 5.97 Å². The summed E-state index contributed by atoms with van der Waals surface area (Å²) in [6, 6.07) is 15.5. The number of carbonyl (C=O) groups is 4. The van der Waals surface area contributed by atoms with E-state index in [1.807, 2.05) is 50.2 Å². The Morgan fingerprint density at radius 1 is 0.872 bits per heavy atom. The summed E-state index contributed by atoms with van der Waals surface area (Å²) in [4.78, 5) is 51.9. The van der Waals surface area contributed by atoms with Crippen LogP contribution in [0.1, 0.15) is 45.2 Å². The number of nitrogens with two attached hydrogens (primary N) is 1. The fourth-order valence-electron chi connectivity index (χ4n) is 3.92. The number of rotatable bonds is 13. The van der Waals surface area contributed by atoms with E-state index in [0.29, 0.717) is 12.0 Å². The van der Waals surface area contributed by atoms with Crippen LogP contribution in [0.4, 0.5) is 0 Å². The summed E-state index contributed by atoms with van der Waals surface area (Å²) < 4.78 is 4.90. The van der Waals surface area contributed by atoms with Crippen LogP contribution in [0.3, 0.4) is 0 Å². The fourth-order valence-corrected chi connectivity index (χ4v) is 3.92. The Morgan fingerprint density at radius 3 is 2.00 bits per heavy atom. The molecule has 5 N–H and O–H groups in total. The Morgan fingerprint density at radius 2 is 1.46 bits per heavy atom. The quantitative estimate of drug-likeness (QED) is 0.229. The summed E-state index contributed by atoms with van der Waals surface area (Å²) >= 11 is 0. The first-order chi connectivity index (χ1) is 18.5. The minimum Gasteiger partial charge on any atom is -0.467 e. The molecule has 0 bridgehead atoms. The van der Waals surface area contributed by atoms with Gasteiger partial charge in [-0.1, -0.05) is 88.4 Å². The van der Waals surface area contributed by atoms with Gasteiger partial charge < -0.3 is 26.4 Å². The molecule has 0 aliphatic rings. The number of esters is 1. The summed E-state index contributed by atoms with van der Waals surface area (Å²) in [5, 5.41) is 8.07. The van der Waals surface area contributed by atoms with Gasteiger partial charge in [-0.2, -0.15) is 0 Å². The summed E-state index contributed by atoms with van der Waals surface area (Å²) in [5.74, 6) is -2.45. The predicted molar refractivity (Wildman–Crippen MR) is 151 cm³/mol. The van der Waals surface area contributed by atoms with Crippen molar-refractivity contribution < 1.29 is 23.9 Å². The van der Waals surface area contributed by atoms with Crippen molar-refractivity contribution in [2.24, 2.45) is 17.6 Å². The lowest BCUT2D eigenvalue weighted by Gasteiger charge is -2.25. The average Bonchev–Trinajstić information content (AvgIpc) is 2.90. The molecular weight excluding hydrogens is 496 g/mol. The Balaban J connectivity index is 2.26. The van der Waals surface area contributed by atoms with Crippen molar-refractivity contribution in [1.82, 2.24) is 16.0 Å². The minimum absolute atomic E-state index is 0.0438. The molecule has 9 heteroatoms. The summed E-state index contributed by atoms with van der Waals surface area (Å²) in [6.07, 6.45) is 2.19. The van der Waals surface area contributed by atoms with Gasteiger partial charge in [0.2, 0.25) is 11.8 Å². The number of methoxy groups -OCH3 is 1. The lowest BCUT2D eigenvalue weighted by molar-refractivity contribution is -0.145. The van der Waals surface area contributed by atoms with Gasteiger partial charge in [0.1, 0.15) is 17.8 Å². The van der Waals surface area contributed by atoms with Crippen molar-refractivity contribution in [2.45, 2.75) is 58.7 Å². The largest absolute Gasteiger partial charge is 0.467 e. The second kappa shape index (κ2) is 15.4. The Hall–Kier alpha value is -3.98. The van der Waals surface area contributed by atoms with Crippen molar-refractivity contribution in [3.8, 4) is 0 Å². The first kappa shape index (κ1) is 31.2. The van der Waals surface area contributed by atoms with Crippen LogP contribution in [0.25, 0.3) is 6.08 Å². The molecule has 0 heterocycles. The highest BCUT2D eigenvalue weighted by molar-refractivity contribution is 6.04. The molecule has 39 heavy (non-hydrogen) atoms. The van der Waals surface area contributed by atoms with E-state index >= 15 is 0 Å². The first-order valence-corrected chi connectivity index (χ1v) is 13.1. The Kier molecular flexibility index (Phi) is 12.4. The van der Waals surface area contributed by atoms with Crippen molar-refractivity contribution >= 4 is 29.8 Å². The van der Waals surface area contributed by atoms with E-state index in [2.05, 4.69) is 16.0 Å². The molecule has 2 aromatic carbocycles. The fraction of sp³-hybridized carbons (Fsp3) is 0.400. The second-order valence-electron chi connectivity index (χ2n) is 10.2. The molecular formula is C30H40N4O5. The van der Waals surface area contributed by atoms with Gasteiger partial charge in [0.25, 0.3) is 5.91 Å². The third-order valence-electron chi connectivity index (χ3n) is 6.00. The highest BCUT2D eigenvalue weighted by atomic mass is 16.5. The number of hydrogen-bond donors (Lipinski definition) is 4. The maximum Gasteiger partial charge on any atom is 0.328 e. The molecule has 0 aliphatic heterocycles. The molecule has 9 nitrogen and oxygen atoms in total. The zero-order valence-electron chi connectivity index (χ0n) is 23.3. The van der Waals surface area contributed by atoms with Crippen molar-refractivity contribution in [2.75, 3.05) is 7.11 Å². The van der Waals surface area contributed by atoms with Crippen LogP contribution < -0.4 is 21.7 Å². The molecule has 0 unspecified atom stereocenters. The van der Waals surface area contributed by atoms with E-state index in [1.54, 1.807) is 38.1 Å². The number of ether oxygens (including phenoxy) is 1. The summed E-state index contributed by atoms with van der Waals surface area (Å²) in [7, 11) is 1.25. The van der Waals surface area contributed by atoms with Crippen LogP contribution in [-0.4, -0.2) is 48.9 Å². The monoisotopic (exact) mass is 536 g/mol. The molecule has 0 spiro atoms. The van der Waals surface area contributed by atoms with Gasteiger partial charge in [0.15, 0.2) is 0 Å². The van der Waals surface area contributed by atoms with Gasteiger partial charge in [-0.05, 0) is 35.5 Å². The smallest absolute Gasteiger partial charge is 0.328 e. The Labute approximate surface area is 230 Å². The van der Waals surface area contributed by atoms with Gasteiger partial charge in [-0.3, -0.25) is 14.4 Å². The molecule has 0 fully saturated rings. The third kappa shape index (κ3) is 10.4. The highest BCUT2D eigenvalue weighted by Crippen LogP contribution is 2.11. The summed E-state index contributed by atoms with van der Waals surface area (Å²) in [5.41, 5.74) is 7.51. The van der Waals surface area contributed by atoms with E-state index < -0.39 is 41.8 Å². The van der Waals surface area contributed by atoms with Gasteiger partial charge in [-0.25, -0.2) is 4.79 Å². The average molecular weight is 537 g/mol. The van der Waals surface area contributed by atoms with Crippen molar-refractivity contribution in [3.05, 3.63) is 77.5 Å². The van der Waals surface area contributed by atoms with Crippen LogP contribution in [0.15, 0.2) is 66.4 Å². The molecule has 0 saturated carbocycles. The van der Waals surface area contributed by atoms with E-state index in [1.165, 1.54) is 13.2 Å². The van der Waals surface area contributed by atoms with Crippen LogP contribution in [0.5, 0.6) is 0 Å². The number of hydrogen-bond acceptors (Lipinski definition) is 6. The highest BCUT2D eigenvalue weighted by Gasteiger charge is 2.30. The molecule has 210 valence electrons. The van der Waals surface area contributed by atoms with Crippen LogP contribution in [-0.2, 0) is 30.3 Å². The van der Waals surface area contributed by atoms with Crippen molar-refractivity contribution in [3.63, 3.8) is 0 Å². The first-order valence-electron chi connectivity index (χ1n) is 13.1. The SMILES string of the molecule is COC(=O)[C@H](Cc1ccccc1)NC(=O)[C@@H](NC(=O)C(=Cc1ccccc1)NC(=O)[C@@H](N)CC(C)C)C(C)C. The zero-order chi connectivity index (χ0) is 28.9. The molecule has 0 saturated heterocycles. The Bertz CT molecular complexity index is 1130. The van der Waals surface area contributed by atoms with E-state index in [0.717, 1.165) is 5.56 Å². The lowest BCUT2D eigenvalue weighted by atomic mass is 10.0. The van der Waals surface area contributed by atoms with E-state index in [4.69, 9.17) is 10.5 Å². The minimum atomic E-state index is -0.999. The van der Waals surface area contributed by atoms with Crippen LogP contribution in [0, 0.1) is 11.8 Å². The zero-order valence-corrected chi connectivity index (χ0v) is 23.3. The van der Waals surface area contributed by atoms with E-state index in [9.17, 15) is 19.2 Å². The number of benzene rings is 2. The number of nitrogens with one attached hydrogen (secondary N) is 3. The maximum atomic E-state index is 13.4. The molecule has 3 amide bonds. The second-order valence-corrected chi connectivity index (χ2v) is 10.2. The molecule has 0 radical (unpaired) electrons. The molecule has 2 aromatic rings. The maximum absolute atomic E-state index is 13.4. The van der Waals surface area contributed by atoms with Gasteiger partial charge in [0, 0.05) is 6.42 Å². The molecule has 2 rings (SSSR count). The normalized spacial score (nSPS) is 13.8. The van der Waals surface area contributed by atoms with Crippen LogP contribution >= 0.6 is 0 Å². The molecule has 0 aromatic heterocycles. The number of carbonyl (C=O) groups excluding carboxylic acids is 4.